The molecule has 0 atom stereocenters. The Hall–Kier alpha value is -2.13. The highest BCUT2D eigenvalue weighted by atomic mass is 32.2. The molecule has 0 bridgehead atoms. The van der Waals surface area contributed by atoms with Gasteiger partial charge in [-0.05, 0) is 40.3 Å². The molecule has 2 aromatic carbocycles. The number of nitrogens with zero attached hydrogens (tertiary/aromatic N) is 1. The summed E-state index contributed by atoms with van der Waals surface area (Å²) in [5, 5.41) is 2.72. The Balaban J connectivity index is 1.83. The summed E-state index contributed by atoms with van der Waals surface area (Å²) in [5.74, 6) is 2.02. The lowest BCUT2D eigenvalue weighted by Crippen LogP contribution is -2.18. The topological polar surface area (TPSA) is 14.2 Å². The number of hydrogen-bond donors (Lipinski definition) is 0. The predicted octanol–water partition coefficient (Wildman–Crippen LogP) is 5.78. The lowest BCUT2D eigenvalue weighted by atomic mass is 9.83. The van der Waals surface area contributed by atoms with E-state index in [1.54, 1.807) is 0 Å². The van der Waals surface area contributed by atoms with Crippen molar-refractivity contribution >= 4 is 28.2 Å². The van der Waals surface area contributed by atoms with Crippen LogP contribution in [0.15, 0.2) is 53.1 Å². The molecule has 2 aliphatic rings. The van der Waals surface area contributed by atoms with Crippen molar-refractivity contribution in [3.63, 3.8) is 0 Å². The van der Waals surface area contributed by atoms with Crippen LogP contribution in [0.5, 0.6) is 5.75 Å². The van der Waals surface area contributed by atoms with Crippen LogP contribution in [0.2, 0.25) is 0 Å². The zero-order chi connectivity index (χ0) is 18.1. The van der Waals surface area contributed by atoms with Crippen LogP contribution < -0.4 is 4.74 Å². The van der Waals surface area contributed by atoms with E-state index in [0.717, 1.165) is 11.5 Å². The molecule has 0 spiro atoms. The summed E-state index contributed by atoms with van der Waals surface area (Å²) >= 11 is 1.94. The SMILES string of the molecule is Cn1c2c(c3ccccc31)C1=C(COc3ccc(C(C)(C)C)cc31)CS2. The van der Waals surface area contributed by atoms with Crippen LogP contribution in [0, 0.1) is 0 Å². The van der Waals surface area contributed by atoms with E-state index >= 15 is 0 Å². The van der Waals surface area contributed by atoms with Gasteiger partial charge in [-0.2, -0.15) is 0 Å². The minimum absolute atomic E-state index is 0.123. The molecule has 0 amide bonds. The molecule has 0 fully saturated rings. The van der Waals surface area contributed by atoms with E-state index in [4.69, 9.17) is 4.74 Å². The average molecular weight is 362 g/mol. The molecule has 0 N–H and O–H groups in total. The smallest absolute Gasteiger partial charge is 0.127 e. The first-order valence-corrected chi connectivity index (χ1v) is 10.1. The highest BCUT2D eigenvalue weighted by Crippen LogP contribution is 2.49. The zero-order valence-corrected chi connectivity index (χ0v) is 16.5. The van der Waals surface area contributed by atoms with Crippen molar-refractivity contribution in [1.82, 2.24) is 4.57 Å². The predicted molar refractivity (Wildman–Crippen MR) is 110 cm³/mol. The molecular weight excluding hydrogens is 338 g/mol. The van der Waals surface area contributed by atoms with E-state index in [1.165, 1.54) is 43.8 Å². The van der Waals surface area contributed by atoms with Crippen molar-refractivity contribution in [2.24, 2.45) is 7.05 Å². The van der Waals surface area contributed by atoms with Gasteiger partial charge in [0.15, 0.2) is 0 Å². The van der Waals surface area contributed by atoms with Crippen LogP contribution in [0.4, 0.5) is 0 Å². The molecule has 1 aromatic heterocycles. The van der Waals surface area contributed by atoms with Crippen molar-refractivity contribution in [1.29, 1.82) is 0 Å². The molecule has 2 nitrogen and oxygen atoms in total. The zero-order valence-electron chi connectivity index (χ0n) is 15.7. The maximum absolute atomic E-state index is 6.12. The minimum Gasteiger partial charge on any atom is -0.489 e. The number of para-hydroxylation sites is 1. The molecule has 0 unspecified atom stereocenters. The third kappa shape index (κ3) is 2.20. The summed E-state index contributed by atoms with van der Waals surface area (Å²) in [7, 11) is 2.19. The van der Waals surface area contributed by atoms with Crippen LogP contribution in [-0.2, 0) is 12.5 Å². The number of ether oxygens (including phenoxy) is 1. The molecule has 132 valence electrons. The number of aryl methyl sites for hydroxylation is 1. The fourth-order valence-electron chi connectivity index (χ4n) is 4.11. The van der Waals surface area contributed by atoms with Crippen molar-refractivity contribution < 1.29 is 4.74 Å². The van der Waals surface area contributed by atoms with E-state index in [9.17, 15) is 0 Å². The lowest BCUT2D eigenvalue weighted by Gasteiger charge is -2.30. The molecule has 3 heterocycles. The van der Waals surface area contributed by atoms with E-state index in [2.05, 4.69) is 74.9 Å². The molecule has 2 aliphatic heterocycles. The highest BCUT2D eigenvalue weighted by Gasteiger charge is 2.31. The van der Waals surface area contributed by atoms with Gasteiger partial charge in [0.25, 0.3) is 0 Å². The van der Waals surface area contributed by atoms with Crippen molar-refractivity contribution in [3.8, 4) is 5.75 Å². The molecular formula is C23H23NOS. The van der Waals surface area contributed by atoms with E-state index in [-0.39, 0.29) is 5.41 Å². The number of rotatable bonds is 0. The van der Waals surface area contributed by atoms with Gasteiger partial charge in [0, 0.05) is 34.8 Å². The second kappa shape index (κ2) is 5.43. The maximum Gasteiger partial charge on any atom is 0.127 e. The first-order chi connectivity index (χ1) is 12.4. The Kier molecular flexibility index (Phi) is 3.36. The average Bonchev–Trinajstić information content (AvgIpc) is 2.93. The lowest BCUT2D eigenvalue weighted by molar-refractivity contribution is 0.346. The van der Waals surface area contributed by atoms with E-state index in [1.807, 2.05) is 11.8 Å². The number of fused-ring (bicyclic) bond motifs is 6. The fourth-order valence-corrected chi connectivity index (χ4v) is 5.29. The van der Waals surface area contributed by atoms with Gasteiger partial charge >= 0.3 is 0 Å². The number of thioether (sulfide) groups is 1. The van der Waals surface area contributed by atoms with Crippen LogP contribution >= 0.6 is 11.8 Å². The third-order valence-corrected chi connectivity index (χ3v) is 6.80. The van der Waals surface area contributed by atoms with E-state index < -0.39 is 0 Å². The highest BCUT2D eigenvalue weighted by molar-refractivity contribution is 7.99. The number of hydrogen-bond acceptors (Lipinski definition) is 2. The first kappa shape index (κ1) is 16.1. The van der Waals surface area contributed by atoms with Gasteiger partial charge in [-0.25, -0.2) is 0 Å². The van der Waals surface area contributed by atoms with Crippen LogP contribution in [0.25, 0.3) is 16.5 Å². The Morgan fingerprint density at radius 1 is 1.08 bits per heavy atom. The second-order valence-electron chi connectivity index (χ2n) is 8.27. The van der Waals surface area contributed by atoms with Gasteiger partial charge in [-0.15, -0.1) is 11.8 Å². The van der Waals surface area contributed by atoms with E-state index in [0.29, 0.717) is 6.61 Å². The summed E-state index contributed by atoms with van der Waals surface area (Å²) in [6.45, 7) is 7.52. The van der Waals surface area contributed by atoms with Gasteiger partial charge in [0.05, 0.1) is 5.03 Å². The summed E-state index contributed by atoms with van der Waals surface area (Å²) in [6, 6.07) is 15.5. The molecule has 0 aliphatic carbocycles. The Bertz CT molecular complexity index is 1080. The molecule has 5 rings (SSSR count). The minimum atomic E-state index is 0.123. The first-order valence-electron chi connectivity index (χ1n) is 9.15. The number of aromatic nitrogens is 1. The van der Waals surface area contributed by atoms with Crippen LogP contribution in [-0.4, -0.2) is 16.9 Å². The Morgan fingerprint density at radius 3 is 2.69 bits per heavy atom. The van der Waals surface area contributed by atoms with Gasteiger partial charge < -0.3 is 9.30 Å². The van der Waals surface area contributed by atoms with Crippen LogP contribution in [0.1, 0.15) is 37.5 Å². The number of benzene rings is 2. The van der Waals surface area contributed by atoms with Crippen molar-refractivity contribution in [2.75, 3.05) is 12.4 Å². The molecule has 0 radical (unpaired) electrons. The monoisotopic (exact) mass is 361 g/mol. The summed E-state index contributed by atoms with van der Waals surface area (Å²) in [6.07, 6.45) is 0. The fraction of sp³-hybridized carbons (Fsp3) is 0.304. The molecule has 3 aromatic rings. The molecule has 0 saturated carbocycles. The quantitative estimate of drug-likeness (QED) is 0.504. The van der Waals surface area contributed by atoms with Crippen LogP contribution in [0.3, 0.4) is 0 Å². The Labute approximate surface area is 158 Å². The van der Waals surface area contributed by atoms with Gasteiger partial charge in [0.1, 0.15) is 12.4 Å². The maximum atomic E-state index is 6.12. The van der Waals surface area contributed by atoms with Crippen molar-refractivity contribution in [2.45, 2.75) is 31.2 Å². The third-order valence-electron chi connectivity index (χ3n) is 5.56. The van der Waals surface area contributed by atoms with Gasteiger partial charge in [0.2, 0.25) is 0 Å². The largest absolute Gasteiger partial charge is 0.489 e. The van der Waals surface area contributed by atoms with Gasteiger partial charge in [-0.3, -0.25) is 0 Å². The Morgan fingerprint density at radius 2 is 1.88 bits per heavy atom. The molecule has 26 heavy (non-hydrogen) atoms. The summed E-state index contributed by atoms with van der Waals surface area (Å²) in [5.41, 5.74) is 8.26. The standard InChI is InChI=1S/C23H23NOS/c1-23(2,3)15-9-10-19-17(11-15)20-14(12-25-19)13-26-22-21(20)16-7-5-6-8-18(16)24(22)4/h5-11H,12-13H2,1-4H3. The normalized spacial score (nSPS) is 16.2. The summed E-state index contributed by atoms with van der Waals surface area (Å²) < 4.78 is 8.47. The molecule has 3 heteroatoms. The second-order valence-corrected chi connectivity index (χ2v) is 9.24. The molecule has 0 saturated heterocycles. The van der Waals surface area contributed by atoms with Crippen molar-refractivity contribution in [3.05, 3.63) is 64.7 Å². The van der Waals surface area contributed by atoms with Gasteiger partial charge in [-0.1, -0.05) is 45.0 Å². The summed E-state index contributed by atoms with van der Waals surface area (Å²) in [4.78, 5) is 0.